The summed E-state index contributed by atoms with van der Waals surface area (Å²) in [5, 5.41) is 5.33. The van der Waals surface area contributed by atoms with Crippen molar-refractivity contribution in [2.24, 2.45) is 0 Å². The quantitative estimate of drug-likeness (QED) is 0.540. The summed E-state index contributed by atoms with van der Waals surface area (Å²) in [6.45, 7) is 6.44. The first-order chi connectivity index (χ1) is 19.1. The largest absolute Gasteiger partial charge is 0.416 e. The first-order valence-electron chi connectivity index (χ1n) is 13.2. The molecule has 4 heterocycles. The van der Waals surface area contributed by atoms with E-state index in [1.165, 1.54) is 12.1 Å². The van der Waals surface area contributed by atoms with E-state index in [1.807, 2.05) is 18.9 Å². The van der Waals surface area contributed by atoms with Crippen molar-refractivity contribution >= 4 is 23.1 Å². The number of halogens is 4. The third-order valence-electron chi connectivity index (χ3n) is 7.54. The minimum atomic E-state index is -4.69. The Bertz CT molecular complexity index is 1310. The summed E-state index contributed by atoms with van der Waals surface area (Å²) in [6, 6.07) is 6.52. The average molecular weight is 561 g/mol. The molecule has 0 bridgehead atoms. The second-order valence-corrected chi connectivity index (χ2v) is 10.2. The van der Waals surface area contributed by atoms with Gasteiger partial charge in [-0.2, -0.15) is 13.2 Å². The van der Waals surface area contributed by atoms with Crippen LogP contribution in [0.2, 0.25) is 0 Å². The highest BCUT2D eigenvalue weighted by Crippen LogP contribution is 2.37. The van der Waals surface area contributed by atoms with Gasteiger partial charge in [-0.1, -0.05) is 6.08 Å². The number of dihydropyridines is 1. The summed E-state index contributed by atoms with van der Waals surface area (Å²) in [6.07, 6.45) is -1.13. The Labute approximate surface area is 230 Å². The maximum absolute atomic E-state index is 15.6. The van der Waals surface area contributed by atoms with Crippen molar-refractivity contribution < 1.29 is 27.1 Å². The number of carbonyl (C=O) groups excluding carboxylic acids is 1. The standard InChI is InChI=1S/C28H32F4N6O2/c1-18-17-38(8-7-36(18)2)25-14-23(29)20(19-3-4-26(34-15-19)37-9-11-40-12-10-37)13-24(25)35-27(39)21-16-33-6-5-22(21)28(30,31)32/h3-5,13-16,18,33H,6-12,17H2,1-2H3,(H,35,39)/t18-/m0/s1. The molecule has 2 aromatic rings. The number of carbonyl (C=O) groups is 1. The molecule has 2 N–H and O–H groups in total. The predicted molar refractivity (Wildman–Crippen MR) is 146 cm³/mol. The van der Waals surface area contributed by atoms with Crippen LogP contribution in [0.4, 0.5) is 34.8 Å². The van der Waals surface area contributed by atoms with Gasteiger partial charge in [-0.3, -0.25) is 4.79 Å². The van der Waals surface area contributed by atoms with Gasteiger partial charge >= 0.3 is 6.18 Å². The lowest BCUT2D eigenvalue weighted by atomic mass is 10.0. The van der Waals surface area contributed by atoms with Crippen LogP contribution in [0.5, 0.6) is 0 Å². The second-order valence-electron chi connectivity index (χ2n) is 10.2. The highest BCUT2D eigenvalue weighted by atomic mass is 19.4. The monoisotopic (exact) mass is 560 g/mol. The van der Waals surface area contributed by atoms with Crippen molar-refractivity contribution in [1.82, 2.24) is 15.2 Å². The van der Waals surface area contributed by atoms with Gasteiger partial charge in [-0.25, -0.2) is 9.37 Å². The number of hydrogen-bond donors (Lipinski definition) is 2. The minimum absolute atomic E-state index is 0.0375. The van der Waals surface area contributed by atoms with Crippen molar-refractivity contribution in [2.45, 2.75) is 19.1 Å². The van der Waals surface area contributed by atoms with Gasteiger partial charge in [0.1, 0.15) is 11.6 Å². The number of rotatable bonds is 5. The number of nitrogens with zero attached hydrogens (tertiary/aromatic N) is 4. The normalized spacial score (nSPS) is 20.5. The third kappa shape index (κ3) is 5.92. The molecule has 2 saturated heterocycles. The molecule has 8 nitrogen and oxygen atoms in total. The maximum atomic E-state index is 15.6. The molecule has 214 valence electrons. The molecular weight excluding hydrogens is 528 g/mol. The summed E-state index contributed by atoms with van der Waals surface area (Å²) in [7, 11) is 2.00. The summed E-state index contributed by atoms with van der Waals surface area (Å²) in [4.78, 5) is 23.9. The molecule has 12 heteroatoms. The number of morpholine rings is 1. The number of nitrogens with one attached hydrogen (secondary N) is 2. The van der Waals surface area contributed by atoms with Gasteiger partial charge in [-0.05, 0) is 38.2 Å². The predicted octanol–water partition coefficient (Wildman–Crippen LogP) is 3.78. The molecule has 0 saturated carbocycles. The molecule has 1 aromatic carbocycles. The van der Waals surface area contributed by atoms with Crippen LogP contribution < -0.4 is 20.4 Å². The van der Waals surface area contributed by atoms with Gasteiger partial charge in [-0.15, -0.1) is 0 Å². The Morgan fingerprint density at radius 2 is 1.90 bits per heavy atom. The highest BCUT2D eigenvalue weighted by Gasteiger charge is 2.39. The maximum Gasteiger partial charge on any atom is 0.416 e. The summed E-state index contributed by atoms with van der Waals surface area (Å²) in [5.41, 5.74) is -0.234. The van der Waals surface area contributed by atoms with Gasteiger partial charge in [0.15, 0.2) is 0 Å². The van der Waals surface area contributed by atoms with E-state index in [-0.39, 0.29) is 23.8 Å². The van der Waals surface area contributed by atoms with E-state index in [4.69, 9.17) is 4.74 Å². The Morgan fingerprint density at radius 3 is 2.58 bits per heavy atom. The fraction of sp³-hybridized carbons (Fsp3) is 0.429. The van der Waals surface area contributed by atoms with Gasteiger partial charge in [0, 0.05) is 68.8 Å². The fourth-order valence-corrected chi connectivity index (χ4v) is 5.09. The zero-order chi connectivity index (χ0) is 28.4. The van der Waals surface area contributed by atoms with Crippen LogP contribution in [0.25, 0.3) is 11.1 Å². The molecule has 0 aliphatic carbocycles. The number of pyridine rings is 1. The van der Waals surface area contributed by atoms with Crippen molar-refractivity contribution in [3.05, 3.63) is 59.7 Å². The number of anilines is 3. The zero-order valence-electron chi connectivity index (χ0n) is 22.4. The number of ether oxygens (including phenoxy) is 1. The van der Waals surface area contributed by atoms with Crippen molar-refractivity contribution in [3.8, 4) is 11.1 Å². The number of piperazine rings is 1. The molecule has 1 amide bonds. The van der Waals surface area contributed by atoms with E-state index < -0.39 is 29.0 Å². The van der Waals surface area contributed by atoms with Crippen LogP contribution in [0.15, 0.2) is 53.9 Å². The number of alkyl halides is 3. The summed E-state index contributed by atoms with van der Waals surface area (Å²) < 4.78 is 62.0. The molecule has 0 spiro atoms. The molecule has 2 fully saturated rings. The third-order valence-corrected chi connectivity index (χ3v) is 7.54. The number of hydrogen-bond acceptors (Lipinski definition) is 7. The first kappa shape index (κ1) is 27.9. The van der Waals surface area contributed by atoms with E-state index in [9.17, 15) is 18.0 Å². The van der Waals surface area contributed by atoms with Crippen molar-refractivity contribution in [2.75, 3.05) is 74.6 Å². The van der Waals surface area contributed by atoms with Crippen LogP contribution in [-0.4, -0.2) is 87.5 Å². The number of likely N-dealkylation sites (N-methyl/N-ethyl adjacent to an activating group) is 1. The molecule has 0 unspecified atom stereocenters. The summed E-state index contributed by atoms with van der Waals surface area (Å²) in [5.74, 6) is -0.709. The van der Waals surface area contributed by atoms with Crippen LogP contribution in [0.1, 0.15) is 6.92 Å². The molecule has 1 aromatic heterocycles. The average Bonchev–Trinajstić information content (AvgIpc) is 2.95. The molecule has 3 aliphatic heterocycles. The van der Waals surface area contributed by atoms with Gasteiger partial charge < -0.3 is 30.1 Å². The first-order valence-corrected chi connectivity index (χ1v) is 13.2. The molecule has 40 heavy (non-hydrogen) atoms. The Balaban J connectivity index is 1.49. The lowest BCUT2D eigenvalue weighted by molar-refractivity contribution is -0.115. The lowest BCUT2D eigenvalue weighted by Gasteiger charge is -2.39. The van der Waals surface area contributed by atoms with Gasteiger partial charge in [0.25, 0.3) is 5.91 Å². The molecule has 3 aliphatic rings. The highest BCUT2D eigenvalue weighted by molar-refractivity contribution is 6.09. The Morgan fingerprint density at radius 1 is 1.12 bits per heavy atom. The minimum Gasteiger partial charge on any atom is -0.387 e. The van der Waals surface area contributed by atoms with E-state index in [0.29, 0.717) is 57.2 Å². The van der Waals surface area contributed by atoms with Gasteiger partial charge in [0.2, 0.25) is 0 Å². The molecular formula is C28H32F4N6O2. The number of aromatic nitrogens is 1. The van der Waals surface area contributed by atoms with Crippen LogP contribution in [0, 0.1) is 5.82 Å². The Kier molecular flexibility index (Phi) is 7.99. The van der Waals surface area contributed by atoms with E-state index in [1.54, 1.807) is 18.3 Å². The number of amides is 1. The Hall–Kier alpha value is -3.64. The topological polar surface area (TPSA) is 73.0 Å². The van der Waals surface area contributed by atoms with Crippen LogP contribution >= 0.6 is 0 Å². The van der Waals surface area contributed by atoms with Crippen molar-refractivity contribution in [3.63, 3.8) is 0 Å². The van der Waals surface area contributed by atoms with Crippen molar-refractivity contribution in [1.29, 1.82) is 0 Å². The second kappa shape index (κ2) is 11.5. The lowest BCUT2D eigenvalue weighted by Crippen LogP contribution is -2.50. The summed E-state index contributed by atoms with van der Waals surface area (Å²) >= 11 is 0. The van der Waals surface area contributed by atoms with E-state index in [2.05, 4.69) is 25.4 Å². The van der Waals surface area contributed by atoms with Crippen LogP contribution in [0.3, 0.4) is 0 Å². The number of benzene rings is 1. The van der Waals surface area contributed by atoms with E-state index >= 15 is 4.39 Å². The van der Waals surface area contributed by atoms with E-state index in [0.717, 1.165) is 18.1 Å². The zero-order valence-corrected chi connectivity index (χ0v) is 22.4. The SMILES string of the molecule is C[C@H]1CN(c2cc(F)c(-c3ccc(N4CCOCC4)nc3)cc2NC(=O)C2=CNCC=C2C(F)(F)F)CCN1C. The fourth-order valence-electron chi connectivity index (χ4n) is 5.09. The van der Waals surface area contributed by atoms with Crippen LogP contribution in [-0.2, 0) is 9.53 Å². The molecule has 5 rings (SSSR count). The smallest absolute Gasteiger partial charge is 0.387 e. The molecule has 1 atom stereocenters. The molecule has 0 radical (unpaired) electrons. The van der Waals surface area contributed by atoms with Gasteiger partial charge in [0.05, 0.1) is 35.7 Å².